The summed E-state index contributed by atoms with van der Waals surface area (Å²) < 4.78 is 0. The summed E-state index contributed by atoms with van der Waals surface area (Å²) in [6, 6.07) is 0. The van der Waals surface area contributed by atoms with Crippen LogP contribution >= 0.6 is 11.3 Å². The van der Waals surface area contributed by atoms with Crippen molar-refractivity contribution in [1.82, 2.24) is 4.98 Å². The molecule has 1 aromatic heterocycles. The van der Waals surface area contributed by atoms with Crippen LogP contribution in [-0.2, 0) is 0 Å². The van der Waals surface area contributed by atoms with Crippen LogP contribution in [0.15, 0.2) is 6.20 Å². The first kappa shape index (κ1) is 9.24. The number of aryl methyl sites for hydroxylation is 1. The second-order valence-corrected chi connectivity index (χ2v) is 3.81. The highest BCUT2D eigenvalue weighted by atomic mass is 32.1. The Bertz CT molecular complexity index is 287. The first-order chi connectivity index (χ1) is 5.74. The molecule has 0 saturated heterocycles. The van der Waals surface area contributed by atoms with Crippen molar-refractivity contribution >= 4 is 11.3 Å². The number of thiazole rings is 1. The molecule has 1 aromatic rings. The average Bonchev–Trinajstić information content (AvgIpc) is 2.47. The zero-order chi connectivity index (χ0) is 8.97. The number of nitrogens with zero attached hydrogens (tertiary/aromatic N) is 1. The van der Waals surface area contributed by atoms with Gasteiger partial charge in [0.05, 0.1) is 16.0 Å². The molecule has 0 aromatic carbocycles. The number of aliphatic hydroxyl groups excluding tert-OH is 1. The lowest BCUT2D eigenvalue weighted by atomic mass is 10.2. The summed E-state index contributed by atoms with van der Waals surface area (Å²) in [6.07, 6.45) is 7.59. The Morgan fingerprint density at radius 3 is 3.08 bits per heavy atom. The maximum Gasteiger partial charge on any atom is 0.0907 e. The second-order valence-electron chi connectivity index (χ2n) is 2.54. The lowest BCUT2D eigenvalue weighted by molar-refractivity contribution is 0.173. The minimum Gasteiger partial charge on any atom is -0.387 e. The van der Waals surface area contributed by atoms with Crippen molar-refractivity contribution in [3.8, 4) is 12.3 Å². The predicted octanol–water partition coefficient (Wildman–Crippen LogP) is 1.90. The quantitative estimate of drug-likeness (QED) is 0.722. The van der Waals surface area contributed by atoms with Gasteiger partial charge in [0.2, 0.25) is 0 Å². The van der Waals surface area contributed by atoms with E-state index in [-0.39, 0.29) is 0 Å². The Morgan fingerprint density at radius 1 is 1.83 bits per heavy atom. The first-order valence-corrected chi connectivity index (χ1v) is 4.59. The van der Waals surface area contributed by atoms with Gasteiger partial charge in [-0.15, -0.1) is 23.7 Å². The fourth-order valence-corrected chi connectivity index (χ4v) is 1.70. The van der Waals surface area contributed by atoms with Crippen LogP contribution in [0.5, 0.6) is 0 Å². The van der Waals surface area contributed by atoms with Crippen molar-refractivity contribution in [1.29, 1.82) is 0 Å². The highest BCUT2D eigenvalue weighted by molar-refractivity contribution is 7.11. The van der Waals surface area contributed by atoms with Crippen LogP contribution in [0.1, 0.15) is 28.8 Å². The number of terminal acetylenes is 1. The molecule has 0 saturated carbocycles. The van der Waals surface area contributed by atoms with Crippen LogP contribution in [0.2, 0.25) is 0 Å². The number of hydrogen-bond acceptors (Lipinski definition) is 3. The van der Waals surface area contributed by atoms with Crippen molar-refractivity contribution in [2.75, 3.05) is 0 Å². The minimum absolute atomic E-state index is 0.438. The Hall–Kier alpha value is -0.850. The summed E-state index contributed by atoms with van der Waals surface area (Å²) in [5, 5.41) is 10.5. The Labute approximate surface area is 76.3 Å². The molecule has 0 aliphatic rings. The molecule has 0 aliphatic heterocycles. The molecule has 12 heavy (non-hydrogen) atoms. The van der Waals surface area contributed by atoms with Gasteiger partial charge in [0.15, 0.2) is 0 Å². The Balaban J connectivity index is 2.54. The van der Waals surface area contributed by atoms with Crippen molar-refractivity contribution in [2.24, 2.45) is 0 Å². The third-order valence-electron chi connectivity index (χ3n) is 1.53. The molecule has 1 rings (SSSR count). The third kappa shape index (κ3) is 2.33. The summed E-state index contributed by atoms with van der Waals surface area (Å²) in [6.45, 7) is 1.92. The molecular formula is C9H11NOS. The SMILES string of the molecule is C#CCCC(O)c1cnc(C)s1. The normalized spacial score (nSPS) is 12.4. The molecule has 0 spiro atoms. The van der Waals surface area contributed by atoms with E-state index in [4.69, 9.17) is 6.42 Å². The van der Waals surface area contributed by atoms with E-state index < -0.39 is 6.10 Å². The molecule has 0 bridgehead atoms. The zero-order valence-corrected chi connectivity index (χ0v) is 7.77. The molecular weight excluding hydrogens is 170 g/mol. The largest absolute Gasteiger partial charge is 0.387 e. The summed E-state index contributed by atoms with van der Waals surface area (Å²) in [4.78, 5) is 4.96. The number of aliphatic hydroxyl groups is 1. The molecule has 1 unspecified atom stereocenters. The lowest BCUT2D eigenvalue weighted by Gasteiger charge is -2.03. The van der Waals surface area contributed by atoms with Gasteiger partial charge in [-0.05, 0) is 13.3 Å². The molecule has 0 amide bonds. The van der Waals surface area contributed by atoms with Crippen molar-refractivity contribution in [3.63, 3.8) is 0 Å². The topological polar surface area (TPSA) is 33.1 Å². The van der Waals surface area contributed by atoms with E-state index in [0.717, 1.165) is 9.88 Å². The van der Waals surface area contributed by atoms with Crippen molar-refractivity contribution < 1.29 is 5.11 Å². The average molecular weight is 181 g/mol. The Morgan fingerprint density at radius 2 is 2.58 bits per heavy atom. The summed E-state index contributed by atoms with van der Waals surface area (Å²) in [5.74, 6) is 2.50. The van der Waals surface area contributed by atoms with Crippen LogP contribution in [0, 0.1) is 19.3 Å². The molecule has 0 fully saturated rings. The maximum absolute atomic E-state index is 9.54. The predicted molar refractivity (Wildman–Crippen MR) is 49.9 cm³/mol. The van der Waals surface area contributed by atoms with E-state index in [9.17, 15) is 5.11 Å². The monoisotopic (exact) mass is 181 g/mol. The number of hydrogen-bond donors (Lipinski definition) is 1. The van der Waals surface area contributed by atoms with Crippen molar-refractivity contribution in [2.45, 2.75) is 25.9 Å². The Kier molecular flexibility index (Phi) is 3.27. The zero-order valence-electron chi connectivity index (χ0n) is 6.95. The van der Waals surface area contributed by atoms with Crippen LogP contribution < -0.4 is 0 Å². The minimum atomic E-state index is -0.438. The summed E-state index contributed by atoms with van der Waals surface area (Å²) in [7, 11) is 0. The lowest BCUT2D eigenvalue weighted by Crippen LogP contribution is -1.92. The molecule has 1 N–H and O–H groups in total. The molecule has 0 aliphatic carbocycles. The van der Waals surface area contributed by atoms with E-state index in [0.29, 0.717) is 12.8 Å². The fraction of sp³-hybridized carbons (Fsp3) is 0.444. The van der Waals surface area contributed by atoms with E-state index >= 15 is 0 Å². The highest BCUT2D eigenvalue weighted by Gasteiger charge is 2.08. The van der Waals surface area contributed by atoms with Crippen LogP contribution in [0.4, 0.5) is 0 Å². The van der Waals surface area contributed by atoms with Gasteiger partial charge in [0.25, 0.3) is 0 Å². The van der Waals surface area contributed by atoms with Gasteiger partial charge in [0, 0.05) is 12.6 Å². The third-order valence-corrected chi connectivity index (χ3v) is 2.54. The van der Waals surface area contributed by atoms with Gasteiger partial charge < -0.3 is 5.11 Å². The maximum atomic E-state index is 9.54. The number of aromatic nitrogens is 1. The molecule has 64 valence electrons. The van der Waals surface area contributed by atoms with Gasteiger partial charge in [-0.25, -0.2) is 4.98 Å². The molecule has 0 radical (unpaired) electrons. The number of rotatable bonds is 3. The summed E-state index contributed by atoms with van der Waals surface area (Å²) in [5.41, 5.74) is 0. The van der Waals surface area contributed by atoms with Crippen LogP contribution in [0.25, 0.3) is 0 Å². The molecule has 3 heteroatoms. The van der Waals surface area contributed by atoms with Gasteiger partial charge in [-0.3, -0.25) is 0 Å². The van der Waals surface area contributed by atoms with Gasteiger partial charge in [-0.1, -0.05) is 0 Å². The van der Waals surface area contributed by atoms with Crippen LogP contribution in [0.3, 0.4) is 0 Å². The smallest absolute Gasteiger partial charge is 0.0907 e. The van der Waals surface area contributed by atoms with Gasteiger partial charge >= 0.3 is 0 Å². The molecule has 1 heterocycles. The molecule has 1 atom stereocenters. The second kappa shape index (κ2) is 4.24. The first-order valence-electron chi connectivity index (χ1n) is 3.78. The highest BCUT2D eigenvalue weighted by Crippen LogP contribution is 2.23. The van der Waals surface area contributed by atoms with E-state index in [1.807, 2.05) is 6.92 Å². The summed E-state index contributed by atoms with van der Waals surface area (Å²) >= 11 is 1.52. The van der Waals surface area contributed by atoms with Gasteiger partial charge in [-0.2, -0.15) is 0 Å². The van der Waals surface area contributed by atoms with Gasteiger partial charge in [0.1, 0.15) is 0 Å². The van der Waals surface area contributed by atoms with E-state index in [1.165, 1.54) is 11.3 Å². The molecule has 2 nitrogen and oxygen atoms in total. The van der Waals surface area contributed by atoms with Crippen LogP contribution in [-0.4, -0.2) is 10.1 Å². The van der Waals surface area contributed by atoms with E-state index in [1.54, 1.807) is 6.20 Å². The van der Waals surface area contributed by atoms with E-state index in [2.05, 4.69) is 10.9 Å². The fourth-order valence-electron chi connectivity index (χ4n) is 0.894. The van der Waals surface area contributed by atoms with Crippen molar-refractivity contribution in [3.05, 3.63) is 16.1 Å². The standard InChI is InChI=1S/C9H11NOS/c1-3-4-5-8(11)9-6-10-7(2)12-9/h1,6,8,11H,4-5H2,2H3.